The number of carbonyl (C=O) groups is 1. The molecule has 0 aliphatic carbocycles. The second-order valence-corrected chi connectivity index (χ2v) is 4.68. The highest BCUT2D eigenvalue weighted by atomic mass is 16.4. The third-order valence-electron chi connectivity index (χ3n) is 3.46. The molecule has 1 aliphatic heterocycles. The number of pyridine rings is 1. The molecule has 1 saturated heterocycles. The van der Waals surface area contributed by atoms with E-state index in [2.05, 4.69) is 10.3 Å². The molecule has 0 amide bonds. The van der Waals surface area contributed by atoms with Gasteiger partial charge in [0, 0.05) is 18.7 Å². The van der Waals surface area contributed by atoms with Crippen LogP contribution in [0.4, 0.5) is 0 Å². The van der Waals surface area contributed by atoms with Crippen molar-refractivity contribution in [3.05, 3.63) is 35.9 Å². The molecule has 1 fully saturated rings. The van der Waals surface area contributed by atoms with Gasteiger partial charge in [0.05, 0.1) is 17.3 Å². The van der Waals surface area contributed by atoms with E-state index in [0.29, 0.717) is 11.5 Å². The maximum Gasteiger partial charge on any atom is 0.337 e. The molecule has 1 atom stereocenters. The van der Waals surface area contributed by atoms with Crippen LogP contribution in [-0.4, -0.2) is 33.6 Å². The molecule has 3 heterocycles. The van der Waals surface area contributed by atoms with E-state index in [4.69, 9.17) is 5.11 Å². The monoisotopic (exact) mass is 245 g/mol. The lowest BCUT2D eigenvalue weighted by Gasteiger charge is -2.21. The smallest absolute Gasteiger partial charge is 0.337 e. The summed E-state index contributed by atoms with van der Waals surface area (Å²) in [5, 5.41) is 12.4. The average molecular weight is 245 g/mol. The van der Waals surface area contributed by atoms with Gasteiger partial charge in [0.25, 0.3) is 0 Å². The van der Waals surface area contributed by atoms with Gasteiger partial charge in [0.1, 0.15) is 5.82 Å². The Bertz CT molecular complexity index is 585. The first-order valence-corrected chi connectivity index (χ1v) is 6.17. The summed E-state index contributed by atoms with van der Waals surface area (Å²) in [7, 11) is 0. The lowest BCUT2D eigenvalue weighted by Crippen LogP contribution is -2.29. The Balaban J connectivity index is 2.05. The first-order chi connectivity index (χ1) is 8.75. The van der Waals surface area contributed by atoms with Crippen molar-refractivity contribution in [3.8, 4) is 0 Å². The van der Waals surface area contributed by atoms with E-state index in [9.17, 15) is 4.79 Å². The minimum Gasteiger partial charge on any atom is -0.478 e. The van der Waals surface area contributed by atoms with Crippen molar-refractivity contribution < 1.29 is 9.90 Å². The first-order valence-electron chi connectivity index (χ1n) is 6.17. The van der Waals surface area contributed by atoms with Crippen LogP contribution >= 0.6 is 0 Å². The second-order valence-electron chi connectivity index (χ2n) is 4.68. The molecule has 2 N–H and O–H groups in total. The number of aromatic carboxylic acids is 1. The van der Waals surface area contributed by atoms with Gasteiger partial charge in [-0.1, -0.05) is 0 Å². The SMILES string of the molecule is O=C(O)c1ccc2cnc(C3CCCNC3)n2c1. The van der Waals surface area contributed by atoms with Crippen molar-refractivity contribution in [1.82, 2.24) is 14.7 Å². The molecular formula is C13H15N3O2. The molecule has 5 heteroatoms. The van der Waals surface area contributed by atoms with Gasteiger partial charge in [-0.3, -0.25) is 0 Å². The maximum absolute atomic E-state index is 11.0. The number of imidazole rings is 1. The molecule has 1 aliphatic rings. The van der Waals surface area contributed by atoms with Gasteiger partial charge in [-0.2, -0.15) is 0 Å². The number of fused-ring (bicyclic) bond motifs is 1. The number of carboxylic acid groups (broad SMARTS) is 1. The largest absolute Gasteiger partial charge is 0.478 e. The molecule has 0 bridgehead atoms. The van der Waals surface area contributed by atoms with Crippen molar-refractivity contribution in [1.29, 1.82) is 0 Å². The van der Waals surface area contributed by atoms with Crippen LogP contribution in [0.15, 0.2) is 24.5 Å². The van der Waals surface area contributed by atoms with Crippen LogP contribution in [-0.2, 0) is 0 Å². The summed E-state index contributed by atoms with van der Waals surface area (Å²) in [4.78, 5) is 15.5. The van der Waals surface area contributed by atoms with Gasteiger partial charge < -0.3 is 14.8 Å². The highest BCUT2D eigenvalue weighted by Crippen LogP contribution is 2.23. The molecule has 2 aromatic heterocycles. The topological polar surface area (TPSA) is 66.6 Å². The predicted molar refractivity (Wildman–Crippen MR) is 67.0 cm³/mol. The summed E-state index contributed by atoms with van der Waals surface area (Å²) in [6, 6.07) is 3.42. The Kier molecular flexibility index (Phi) is 2.76. The first kappa shape index (κ1) is 11.2. The normalized spacial score (nSPS) is 20.1. The van der Waals surface area contributed by atoms with Crippen molar-refractivity contribution in [2.75, 3.05) is 13.1 Å². The molecule has 0 radical (unpaired) electrons. The van der Waals surface area contributed by atoms with E-state index < -0.39 is 5.97 Å². The number of carboxylic acids is 1. The molecule has 5 nitrogen and oxygen atoms in total. The molecule has 0 spiro atoms. The number of hydrogen-bond donors (Lipinski definition) is 2. The van der Waals surface area contributed by atoms with Crippen LogP contribution in [0.5, 0.6) is 0 Å². The number of nitrogens with one attached hydrogen (secondary N) is 1. The van der Waals surface area contributed by atoms with Gasteiger partial charge >= 0.3 is 5.97 Å². The van der Waals surface area contributed by atoms with Gasteiger partial charge in [0.2, 0.25) is 0 Å². The lowest BCUT2D eigenvalue weighted by atomic mass is 9.99. The average Bonchev–Trinajstić information content (AvgIpc) is 2.82. The fourth-order valence-corrected chi connectivity index (χ4v) is 2.51. The molecule has 18 heavy (non-hydrogen) atoms. The quantitative estimate of drug-likeness (QED) is 0.841. The van der Waals surface area contributed by atoms with Gasteiger partial charge in [-0.05, 0) is 31.5 Å². The standard InChI is InChI=1S/C13H15N3O2/c17-13(18)10-3-4-11-7-15-12(16(11)8-10)9-2-1-5-14-6-9/h3-4,7-9,14H,1-2,5-6H2,(H,17,18). The van der Waals surface area contributed by atoms with Gasteiger partial charge in [0.15, 0.2) is 0 Å². The Morgan fingerprint density at radius 3 is 3.11 bits per heavy atom. The van der Waals surface area contributed by atoms with E-state index in [-0.39, 0.29) is 0 Å². The Hall–Kier alpha value is -1.88. The van der Waals surface area contributed by atoms with Crippen LogP contribution in [0.25, 0.3) is 5.52 Å². The van der Waals surface area contributed by atoms with E-state index >= 15 is 0 Å². The summed E-state index contributed by atoms with van der Waals surface area (Å²) in [5.41, 5.74) is 1.24. The zero-order valence-electron chi connectivity index (χ0n) is 9.97. The molecule has 3 rings (SSSR count). The fourth-order valence-electron chi connectivity index (χ4n) is 2.51. The molecule has 94 valence electrons. The third kappa shape index (κ3) is 1.86. The Labute approximate surface area is 104 Å². The van der Waals surface area contributed by atoms with E-state index in [1.54, 1.807) is 24.5 Å². The zero-order valence-corrected chi connectivity index (χ0v) is 9.97. The van der Waals surface area contributed by atoms with E-state index in [0.717, 1.165) is 37.3 Å². The van der Waals surface area contributed by atoms with Gasteiger partial charge in [-0.25, -0.2) is 9.78 Å². The van der Waals surface area contributed by atoms with E-state index in [1.165, 1.54) is 0 Å². The highest BCUT2D eigenvalue weighted by Gasteiger charge is 2.20. The number of aromatic nitrogens is 2. The van der Waals surface area contributed by atoms with E-state index in [1.807, 2.05) is 4.40 Å². The maximum atomic E-state index is 11.0. The summed E-state index contributed by atoms with van der Waals surface area (Å²) >= 11 is 0. The van der Waals surface area contributed by atoms with Crippen LogP contribution in [0, 0.1) is 0 Å². The number of hydrogen-bond acceptors (Lipinski definition) is 3. The molecule has 2 aromatic rings. The number of piperidine rings is 1. The van der Waals surface area contributed by atoms with Crippen LogP contribution in [0.1, 0.15) is 34.9 Å². The number of nitrogens with zero attached hydrogens (tertiary/aromatic N) is 2. The minimum atomic E-state index is -0.904. The lowest BCUT2D eigenvalue weighted by molar-refractivity contribution is 0.0696. The van der Waals surface area contributed by atoms with Crippen LogP contribution in [0.3, 0.4) is 0 Å². The van der Waals surface area contributed by atoms with Crippen molar-refractivity contribution >= 4 is 11.5 Å². The van der Waals surface area contributed by atoms with Gasteiger partial charge in [-0.15, -0.1) is 0 Å². The third-order valence-corrected chi connectivity index (χ3v) is 3.46. The molecular weight excluding hydrogens is 230 g/mol. The van der Waals surface area contributed by atoms with Crippen molar-refractivity contribution in [3.63, 3.8) is 0 Å². The van der Waals surface area contributed by atoms with Crippen LogP contribution in [0.2, 0.25) is 0 Å². The molecule has 1 unspecified atom stereocenters. The summed E-state index contributed by atoms with van der Waals surface area (Å²) in [5.74, 6) is 0.420. The molecule has 0 saturated carbocycles. The number of rotatable bonds is 2. The highest BCUT2D eigenvalue weighted by molar-refractivity contribution is 5.87. The Morgan fingerprint density at radius 1 is 1.50 bits per heavy atom. The fraction of sp³-hybridized carbons (Fsp3) is 0.385. The predicted octanol–water partition coefficient (Wildman–Crippen LogP) is 1.50. The summed E-state index contributed by atoms with van der Waals surface area (Å²) in [6.07, 6.45) is 5.70. The minimum absolute atomic E-state index is 0.297. The summed E-state index contributed by atoms with van der Waals surface area (Å²) < 4.78 is 1.90. The second kappa shape index (κ2) is 4.42. The Morgan fingerprint density at radius 2 is 2.39 bits per heavy atom. The van der Waals surface area contributed by atoms with Crippen LogP contribution < -0.4 is 5.32 Å². The van der Waals surface area contributed by atoms with Crippen molar-refractivity contribution in [2.45, 2.75) is 18.8 Å². The zero-order chi connectivity index (χ0) is 12.5. The van der Waals surface area contributed by atoms with Crippen molar-refractivity contribution in [2.24, 2.45) is 0 Å². The molecule has 0 aromatic carbocycles. The summed E-state index contributed by atoms with van der Waals surface area (Å²) in [6.45, 7) is 1.97.